The van der Waals surface area contributed by atoms with E-state index in [-0.39, 0.29) is 0 Å². The minimum Gasteiger partial charge on any atom is -0.493 e. The molecule has 21 heavy (non-hydrogen) atoms. The van der Waals surface area contributed by atoms with Gasteiger partial charge >= 0.3 is 0 Å². The van der Waals surface area contributed by atoms with Crippen molar-refractivity contribution in [2.24, 2.45) is 0 Å². The maximum Gasteiger partial charge on any atom is 0.161 e. The van der Waals surface area contributed by atoms with Gasteiger partial charge in [0.15, 0.2) is 11.5 Å². The highest BCUT2D eigenvalue weighted by Crippen LogP contribution is 2.35. The van der Waals surface area contributed by atoms with Crippen molar-refractivity contribution in [3.8, 4) is 11.5 Å². The Balaban J connectivity index is 1.82. The van der Waals surface area contributed by atoms with Gasteiger partial charge in [0.05, 0.1) is 14.2 Å². The van der Waals surface area contributed by atoms with Crippen molar-refractivity contribution in [2.45, 2.75) is 12.5 Å². The summed E-state index contributed by atoms with van der Waals surface area (Å²) in [6, 6.07) is 4.67. The molecule has 1 fully saturated rings. The van der Waals surface area contributed by atoms with Crippen LogP contribution in [0.3, 0.4) is 0 Å². The van der Waals surface area contributed by atoms with E-state index in [0.29, 0.717) is 6.04 Å². The zero-order valence-corrected chi connectivity index (χ0v) is 12.9. The lowest BCUT2D eigenvalue weighted by Gasteiger charge is -2.34. The van der Waals surface area contributed by atoms with Gasteiger partial charge in [-0.3, -0.25) is 4.90 Å². The Bertz CT molecular complexity index is 487. The van der Waals surface area contributed by atoms with Crippen LogP contribution < -0.4 is 20.1 Å². The first-order chi connectivity index (χ1) is 10.3. The molecule has 5 heteroatoms. The molecule has 1 saturated heterocycles. The second-order valence-corrected chi connectivity index (χ2v) is 5.71. The number of fused-ring (bicyclic) bond motifs is 1. The zero-order chi connectivity index (χ0) is 14.7. The number of hydrogen-bond donors (Lipinski definition) is 2. The van der Waals surface area contributed by atoms with E-state index in [0.717, 1.165) is 57.2 Å². The van der Waals surface area contributed by atoms with Crippen LogP contribution in [0, 0.1) is 0 Å². The number of methoxy groups -OCH3 is 2. The molecule has 0 aliphatic carbocycles. The Morgan fingerprint density at radius 1 is 1.10 bits per heavy atom. The van der Waals surface area contributed by atoms with Crippen LogP contribution in [0.15, 0.2) is 12.1 Å². The molecule has 1 unspecified atom stereocenters. The van der Waals surface area contributed by atoms with Gasteiger partial charge in [-0.05, 0) is 36.2 Å². The fourth-order valence-electron chi connectivity index (χ4n) is 3.28. The predicted molar refractivity (Wildman–Crippen MR) is 83.3 cm³/mol. The van der Waals surface area contributed by atoms with Crippen molar-refractivity contribution in [1.29, 1.82) is 0 Å². The normalized spacial score (nSPS) is 22.7. The highest BCUT2D eigenvalue weighted by molar-refractivity contribution is 5.49. The Morgan fingerprint density at radius 2 is 1.81 bits per heavy atom. The molecular weight excluding hydrogens is 266 g/mol. The minimum atomic E-state index is 0.381. The average Bonchev–Trinajstić information content (AvgIpc) is 2.55. The molecule has 0 bridgehead atoms. The topological polar surface area (TPSA) is 45.8 Å². The van der Waals surface area contributed by atoms with Gasteiger partial charge in [-0.1, -0.05) is 0 Å². The molecule has 116 valence electrons. The second-order valence-electron chi connectivity index (χ2n) is 5.71. The molecule has 1 atom stereocenters. The summed E-state index contributed by atoms with van der Waals surface area (Å²) >= 11 is 0. The van der Waals surface area contributed by atoms with E-state index in [9.17, 15) is 0 Å². The average molecular weight is 291 g/mol. The van der Waals surface area contributed by atoms with Crippen molar-refractivity contribution in [1.82, 2.24) is 15.5 Å². The van der Waals surface area contributed by atoms with E-state index in [1.165, 1.54) is 11.1 Å². The first kappa shape index (κ1) is 14.6. The lowest BCUT2D eigenvalue weighted by atomic mass is 9.93. The summed E-state index contributed by atoms with van der Waals surface area (Å²) < 4.78 is 10.9. The lowest BCUT2D eigenvalue weighted by Crippen LogP contribution is -2.47. The van der Waals surface area contributed by atoms with Crippen molar-refractivity contribution >= 4 is 0 Å². The monoisotopic (exact) mass is 291 g/mol. The molecule has 0 saturated carbocycles. The Kier molecular flexibility index (Phi) is 4.63. The maximum atomic E-state index is 5.46. The molecular formula is C16H25N3O2. The predicted octanol–water partition coefficient (Wildman–Crippen LogP) is 0.796. The van der Waals surface area contributed by atoms with E-state index in [4.69, 9.17) is 9.47 Å². The van der Waals surface area contributed by atoms with E-state index >= 15 is 0 Å². The SMILES string of the molecule is COc1cc2c(cc1OC)C(CN1CCNCC1)NCC2. The van der Waals surface area contributed by atoms with Gasteiger partial charge in [-0.25, -0.2) is 0 Å². The van der Waals surface area contributed by atoms with Gasteiger partial charge < -0.3 is 20.1 Å². The fourth-order valence-corrected chi connectivity index (χ4v) is 3.28. The smallest absolute Gasteiger partial charge is 0.161 e. The second kappa shape index (κ2) is 6.64. The number of hydrogen-bond acceptors (Lipinski definition) is 5. The first-order valence-corrected chi connectivity index (χ1v) is 7.73. The van der Waals surface area contributed by atoms with Gasteiger partial charge in [0, 0.05) is 38.8 Å². The standard InChI is InChI=1S/C16H25N3O2/c1-20-15-9-12-3-4-18-14(13(12)10-16(15)21-2)11-19-7-5-17-6-8-19/h9-10,14,17-18H,3-8,11H2,1-2H3. The van der Waals surface area contributed by atoms with Gasteiger partial charge in [-0.15, -0.1) is 0 Å². The molecule has 3 rings (SSSR count). The van der Waals surface area contributed by atoms with Crippen molar-refractivity contribution in [3.63, 3.8) is 0 Å². The lowest BCUT2D eigenvalue weighted by molar-refractivity contribution is 0.213. The summed E-state index contributed by atoms with van der Waals surface area (Å²) in [4.78, 5) is 2.53. The summed E-state index contributed by atoms with van der Waals surface area (Å²) in [5.74, 6) is 1.66. The van der Waals surface area contributed by atoms with Crippen molar-refractivity contribution in [2.75, 3.05) is 53.5 Å². The summed E-state index contributed by atoms with van der Waals surface area (Å²) in [6.07, 6.45) is 1.05. The molecule has 0 amide bonds. The number of nitrogens with one attached hydrogen (secondary N) is 2. The van der Waals surface area contributed by atoms with Crippen LogP contribution in [0.25, 0.3) is 0 Å². The number of piperazine rings is 1. The van der Waals surface area contributed by atoms with Crippen LogP contribution in [0.5, 0.6) is 11.5 Å². The Hall–Kier alpha value is -1.30. The quantitative estimate of drug-likeness (QED) is 0.859. The molecule has 1 aromatic rings. The third kappa shape index (κ3) is 3.15. The van der Waals surface area contributed by atoms with Crippen molar-refractivity contribution in [3.05, 3.63) is 23.3 Å². The van der Waals surface area contributed by atoms with E-state index < -0.39 is 0 Å². The highest BCUT2D eigenvalue weighted by atomic mass is 16.5. The molecule has 5 nitrogen and oxygen atoms in total. The molecule has 0 spiro atoms. The van der Waals surface area contributed by atoms with Crippen LogP contribution in [0.2, 0.25) is 0 Å². The minimum absolute atomic E-state index is 0.381. The molecule has 2 heterocycles. The summed E-state index contributed by atoms with van der Waals surface area (Å²) in [5, 5.41) is 7.06. The van der Waals surface area contributed by atoms with E-state index in [1.807, 2.05) is 0 Å². The summed E-state index contributed by atoms with van der Waals surface area (Å²) in [7, 11) is 3.40. The van der Waals surface area contributed by atoms with Gasteiger partial charge in [-0.2, -0.15) is 0 Å². The number of rotatable bonds is 4. The van der Waals surface area contributed by atoms with Gasteiger partial charge in [0.25, 0.3) is 0 Å². The molecule has 2 N–H and O–H groups in total. The largest absolute Gasteiger partial charge is 0.493 e. The Morgan fingerprint density at radius 3 is 2.52 bits per heavy atom. The van der Waals surface area contributed by atoms with Gasteiger partial charge in [0.2, 0.25) is 0 Å². The maximum absolute atomic E-state index is 5.46. The molecule has 1 aromatic carbocycles. The van der Waals surface area contributed by atoms with Crippen LogP contribution in [0.4, 0.5) is 0 Å². The fraction of sp³-hybridized carbons (Fsp3) is 0.625. The van der Waals surface area contributed by atoms with Gasteiger partial charge in [0.1, 0.15) is 0 Å². The van der Waals surface area contributed by atoms with E-state index in [1.54, 1.807) is 14.2 Å². The van der Waals surface area contributed by atoms with Crippen molar-refractivity contribution < 1.29 is 9.47 Å². The molecule has 2 aliphatic heterocycles. The zero-order valence-electron chi connectivity index (χ0n) is 12.9. The van der Waals surface area contributed by atoms with Crippen LogP contribution in [-0.2, 0) is 6.42 Å². The highest BCUT2D eigenvalue weighted by Gasteiger charge is 2.24. The van der Waals surface area contributed by atoms with Crippen LogP contribution in [-0.4, -0.2) is 58.4 Å². The molecule has 0 radical (unpaired) electrons. The number of ether oxygens (including phenoxy) is 2. The van der Waals surface area contributed by atoms with Crippen LogP contribution >= 0.6 is 0 Å². The first-order valence-electron chi connectivity index (χ1n) is 7.73. The summed E-state index contributed by atoms with van der Waals surface area (Å²) in [6.45, 7) is 6.52. The number of nitrogens with zero attached hydrogens (tertiary/aromatic N) is 1. The number of benzene rings is 1. The summed E-state index contributed by atoms with van der Waals surface area (Å²) in [5.41, 5.74) is 2.74. The molecule has 0 aromatic heterocycles. The third-order valence-corrected chi connectivity index (χ3v) is 4.46. The molecule has 2 aliphatic rings. The van der Waals surface area contributed by atoms with E-state index in [2.05, 4.69) is 27.7 Å². The third-order valence-electron chi connectivity index (χ3n) is 4.46. The van der Waals surface area contributed by atoms with Crippen LogP contribution in [0.1, 0.15) is 17.2 Å². The Labute approximate surface area is 126 Å².